The van der Waals surface area contributed by atoms with E-state index in [0.717, 1.165) is 6.42 Å². The molecule has 0 spiro atoms. The summed E-state index contributed by atoms with van der Waals surface area (Å²) < 4.78 is 3.91. The summed E-state index contributed by atoms with van der Waals surface area (Å²) in [7, 11) is 0. The van der Waals surface area contributed by atoms with Crippen LogP contribution in [0.15, 0.2) is 113 Å². The Bertz CT molecular complexity index is 1080. The van der Waals surface area contributed by atoms with Gasteiger partial charge in [-0.3, -0.25) is 0 Å². The Morgan fingerprint density at radius 1 is 0.733 bits per heavy atom. The van der Waals surface area contributed by atoms with Crippen molar-refractivity contribution in [2.24, 2.45) is 0 Å². The summed E-state index contributed by atoms with van der Waals surface area (Å²) in [6.07, 6.45) is 13.0. The fraction of sp³-hybridized carbons (Fsp3) is 0.0741. The fourth-order valence-electron chi connectivity index (χ4n) is 4.35. The molecule has 0 saturated heterocycles. The largest absolute Gasteiger partial charge is 0.147 e. The number of rotatable bonds is 4. The maximum atomic E-state index is 2.50. The zero-order chi connectivity index (χ0) is 18.8. The molecule has 1 unspecified atom stereocenters. The van der Waals surface area contributed by atoms with E-state index < -0.39 is 21.0 Å². The Hall–Kier alpha value is -1.80. The van der Waals surface area contributed by atoms with Gasteiger partial charge in [-0.2, -0.15) is 0 Å². The monoisotopic (exact) mass is 598 g/mol. The maximum absolute atomic E-state index is 2.50. The second-order valence-electron chi connectivity index (χ2n) is 7.31. The van der Waals surface area contributed by atoms with Crippen LogP contribution in [0.5, 0.6) is 0 Å². The first-order valence-electron chi connectivity index (χ1n) is 9.90. The minimum absolute atomic E-state index is 0. The normalized spacial score (nSPS) is 15.6. The van der Waals surface area contributed by atoms with Crippen molar-refractivity contribution in [3.05, 3.63) is 135 Å². The summed E-state index contributed by atoms with van der Waals surface area (Å²) >= 11 is -2.49. The molecule has 150 valence electrons. The Morgan fingerprint density at radius 3 is 1.93 bits per heavy atom. The van der Waals surface area contributed by atoms with Gasteiger partial charge in [0.15, 0.2) is 0 Å². The molecule has 0 radical (unpaired) electrons. The van der Waals surface area contributed by atoms with Crippen molar-refractivity contribution in [2.45, 2.75) is 10.1 Å². The van der Waals surface area contributed by atoms with Crippen LogP contribution in [0.3, 0.4) is 0 Å². The third-order valence-electron chi connectivity index (χ3n) is 5.62. The average molecular weight is 598 g/mol. The van der Waals surface area contributed by atoms with E-state index in [1.165, 1.54) is 22.3 Å². The summed E-state index contributed by atoms with van der Waals surface area (Å²) in [4.78, 5) is 0. The molecule has 2 aliphatic carbocycles. The molecule has 0 amide bonds. The van der Waals surface area contributed by atoms with Gasteiger partial charge in [0, 0.05) is 0 Å². The van der Waals surface area contributed by atoms with E-state index in [1.54, 1.807) is 6.58 Å². The van der Waals surface area contributed by atoms with Crippen LogP contribution in [0, 0.1) is 0 Å². The molecule has 0 heterocycles. The van der Waals surface area contributed by atoms with E-state index in [4.69, 9.17) is 0 Å². The molecule has 0 bridgehead atoms. The van der Waals surface area contributed by atoms with Gasteiger partial charge in [0.2, 0.25) is 0 Å². The molecule has 0 N–H and O–H groups in total. The molecule has 3 heteroatoms. The van der Waals surface area contributed by atoms with Crippen molar-refractivity contribution < 1.29 is 21.0 Å². The second kappa shape index (κ2) is 10.5. The van der Waals surface area contributed by atoms with Crippen LogP contribution >= 0.6 is 24.8 Å². The van der Waals surface area contributed by atoms with Crippen LogP contribution in [0.1, 0.15) is 32.3 Å². The van der Waals surface area contributed by atoms with Gasteiger partial charge in [0.1, 0.15) is 0 Å². The van der Waals surface area contributed by atoms with Crippen molar-refractivity contribution in [2.75, 3.05) is 0 Å². The molecule has 1 atom stereocenters. The third-order valence-corrected chi connectivity index (χ3v) is 17.5. The first kappa shape index (κ1) is 22.9. The molecule has 5 rings (SSSR count). The molecule has 0 saturated carbocycles. The number of allylic oxidation sites excluding steroid dienone is 5. The average Bonchev–Trinajstić information content (AvgIpc) is 3.44. The number of hydrogen-bond acceptors (Lipinski definition) is 0. The predicted octanol–water partition coefficient (Wildman–Crippen LogP) is 7.33. The van der Waals surface area contributed by atoms with E-state index in [1.807, 2.05) is 0 Å². The predicted molar refractivity (Wildman–Crippen MR) is 131 cm³/mol. The van der Waals surface area contributed by atoms with Gasteiger partial charge in [0.25, 0.3) is 0 Å². The van der Waals surface area contributed by atoms with Crippen molar-refractivity contribution in [3.8, 4) is 0 Å². The number of benzene rings is 3. The summed E-state index contributed by atoms with van der Waals surface area (Å²) in [5.74, 6) is 0. The first-order valence-corrected chi connectivity index (χ1v) is 15.6. The molecule has 2 aliphatic rings. The van der Waals surface area contributed by atoms with E-state index in [2.05, 4.69) is 115 Å². The van der Waals surface area contributed by atoms with Crippen LogP contribution in [0.25, 0.3) is 6.08 Å². The van der Waals surface area contributed by atoms with Crippen LogP contribution in [0.4, 0.5) is 0 Å². The van der Waals surface area contributed by atoms with Gasteiger partial charge in [-0.05, 0) is 0 Å². The Balaban J connectivity index is 0.00000128. The Kier molecular flexibility index (Phi) is 7.99. The van der Waals surface area contributed by atoms with Gasteiger partial charge >= 0.3 is 175 Å². The van der Waals surface area contributed by atoms with Crippen LogP contribution in [-0.4, -0.2) is 3.26 Å². The summed E-state index contributed by atoms with van der Waals surface area (Å²) in [5.41, 5.74) is 5.74. The van der Waals surface area contributed by atoms with Crippen molar-refractivity contribution in [3.63, 3.8) is 0 Å². The molecular weight excluding hydrogens is 574 g/mol. The van der Waals surface area contributed by atoms with Gasteiger partial charge in [-0.25, -0.2) is 0 Å². The summed E-state index contributed by atoms with van der Waals surface area (Å²) in [6, 6.07) is 31.2. The van der Waals surface area contributed by atoms with Gasteiger partial charge in [0.05, 0.1) is 0 Å². The van der Waals surface area contributed by atoms with Crippen LogP contribution in [-0.2, 0) is 21.0 Å². The molecule has 0 aromatic heterocycles. The minimum Gasteiger partial charge on any atom is -0.147 e. The summed E-state index contributed by atoms with van der Waals surface area (Å²) in [5, 5.41) is 0. The van der Waals surface area contributed by atoms with Gasteiger partial charge in [-0.1, -0.05) is 0 Å². The minimum atomic E-state index is -2.49. The molecule has 30 heavy (non-hydrogen) atoms. The topological polar surface area (TPSA) is 0 Å². The van der Waals surface area contributed by atoms with Gasteiger partial charge in [-0.15, -0.1) is 24.8 Å². The van der Waals surface area contributed by atoms with Crippen molar-refractivity contribution >= 4 is 34.1 Å². The zero-order valence-electron chi connectivity index (χ0n) is 16.6. The van der Waals surface area contributed by atoms with Crippen molar-refractivity contribution in [1.82, 2.24) is 0 Å². The SMILES string of the molecule is C1=CC[C]([Hf](=[C](c2ccccc2)c2ccccc2)[CH]2C=Cc3ccccc32)=C1.Cl.Cl. The number of fused-ring (bicyclic) bond motifs is 1. The summed E-state index contributed by atoms with van der Waals surface area (Å²) in [6.45, 7) is 0. The van der Waals surface area contributed by atoms with E-state index >= 15 is 0 Å². The smallest absolute Gasteiger partial charge is 0.147 e. The van der Waals surface area contributed by atoms with Crippen molar-refractivity contribution in [1.29, 1.82) is 0 Å². The third kappa shape index (κ3) is 4.44. The van der Waals surface area contributed by atoms with Gasteiger partial charge < -0.3 is 0 Å². The molecular formula is C27H24Cl2Hf. The first-order chi connectivity index (χ1) is 13.9. The van der Waals surface area contributed by atoms with E-state index in [9.17, 15) is 0 Å². The fourth-order valence-corrected chi connectivity index (χ4v) is 16.8. The Labute approximate surface area is 198 Å². The number of halogens is 2. The maximum Gasteiger partial charge on any atom is -0.147 e. The molecule has 0 nitrogen and oxygen atoms in total. The molecule has 0 fully saturated rings. The quantitative estimate of drug-likeness (QED) is 0.276. The molecule has 0 aliphatic heterocycles. The number of hydrogen-bond donors (Lipinski definition) is 0. The van der Waals surface area contributed by atoms with E-state index in [0.29, 0.717) is 3.67 Å². The van der Waals surface area contributed by atoms with Crippen LogP contribution < -0.4 is 0 Å². The van der Waals surface area contributed by atoms with E-state index in [-0.39, 0.29) is 24.8 Å². The molecule has 3 aromatic rings. The standard InChI is InChI=1S/C13H10.C9H7.C5H5.2ClH.Hf/c1-3-7-12(8-4-1)11-13-9-5-2-6-10-13;1-2-5-9-7-3-6-8(9)4-1;1-2-4-5-3-1;;;/h1-10H;1-7H;1-3H,4H2;2*1H;. The molecule has 3 aromatic carbocycles. The van der Waals surface area contributed by atoms with Crippen LogP contribution in [0.2, 0.25) is 0 Å². The zero-order valence-corrected chi connectivity index (χ0v) is 21.8. The Morgan fingerprint density at radius 2 is 1.33 bits per heavy atom. The second-order valence-corrected chi connectivity index (χ2v) is 16.6.